The lowest BCUT2D eigenvalue weighted by molar-refractivity contribution is 0.415. The maximum atomic E-state index is 6.10. The first kappa shape index (κ1) is 14.6. The van der Waals surface area contributed by atoms with Crippen LogP contribution in [-0.4, -0.2) is 22.2 Å². The molecule has 0 atom stereocenters. The van der Waals surface area contributed by atoms with Gasteiger partial charge in [-0.1, -0.05) is 16.8 Å². The van der Waals surface area contributed by atoms with Crippen molar-refractivity contribution < 1.29 is 9.26 Å². The van der Waals surface area contributed by atoms with Gasteiger partial charge in [0.2, 0.25) is 11.2 Å². The molecular weight excluding hydrogens is 327 g/mol. The first-order chi connectivity index (χ1) is 10.7. The first-order valence-corrected chi connectivity index (χ1v) is 6.97. The number of nitrogens with zero attached hydrogens (tertiary/aromatic N) is 3. The number of rotatable bonds is 4. The summed E-state index contributed by atoms with van der Waals surface area (Å²) in [6.45, 7) is 0. The Labute approximate surface area is 136 Å². The maximum absolute atomic E-state index is 6.10. The normalized spacial score (nSPS) is 10.5. The van der Waals surface area contributed by atoms with Crippen LogP contribution < -0.4 is 10.1 Å². The molecule has 112 valence electrons. The molecule has 0 saturated heterocycles. The van der Waals surface area contributed by atoms with E-state index in [1.54, 1.807) is 31.4 Å². The van der Waals surface area contributed by atoms with Gasteiger partial charge in [-0.3, -0.25) is 0 Å². The van der Waals surface area contributed by atoms with Crippen LogP contribution in [0.25, 0.3) is 11.3 Å². The predicted molar refractivity (Wildman–Crippen MR) is 83.8 cm³/mol. The standard InChI is InChI=1S/C14H10Cl2N4O2/c1-21-11-3-2-8(6-9(11)15)10-7-13(22-20-10)18-12-4-5-17-14(16)19-12/h2-7H,1H3,(H,17,18,19). The summed E-state index contributed by atoms with van der Waals surface area (Å²) in [6.07, 6.45) is 1.54. The van der Waals surface area contributed by atoms with E-state index in [0.29, 0.717) is 28.2 Å². The van der Waals surface area contributed by atoms with E-state index >= 15 is 0 Å². The van der Waals surface area contributed by atoms with Gasteiger partial charge in [-0.25, -0.2) is 9.97 Å². The van der Waals surface area contributed by atoms with Gasteiger partial charge in [0.05, 0.1) is 12.1 Å². The minimum absolute atomic E-state index is 0.145. The summed E-state index contributed by atoms with van der Waals surface area (Å²) in [7, 11) is 1.56. The van der Waals surface area contributed by atoms with E-state index in [-0.39, 0.29) is 5.28 Å². The van der Waals surface area contributed by atoms with Crippen LogP contribution in [0.1, 0.15) is 0 Å². The number of anilines is 2. The third kappa shape index (κ3) is 3.13. The highest BCUT2D eigenvalue weighted by atomic mass is 35.5. The van der Waals surface area contributed by atoms with Crippen molar-refractivity contribution in [2.24, 2.45) is 0 Å². The second-order valence-corrected chi connectivity index (χ2v) is 5.01. The molecule has 2 heterocycles. The molecule has 0 spiro atoms. The molecule has 0 fully saturated rings. The molecule has 1 aromatic carbocycles. The third-order valence-electron chi connectivity index (χ3n) is 2.84. The average molecular weight is 337 g/mol. The van der Waals surface area contributed by atoms with Gasteiger partial charge >= 0.3 is 0 Å². The SMILES string of the molecule is COc1ccc(-c2cc(Nc3ccnc(Cl)n3)on2)cc1Cl. The fourth-order valence-electron chi connectivity index (χ4n) is 1.83. The van der Waals surface area contributed by atoms with Gasteiger partial charge < -0.3 is 14.6 Å². The lowest BCUT2D eigenvalue weighted by Gasteiger charge is -2.03. The molecule has 3 rings (SSSR count). The van der Waals surface area contributed by atoms with Crippen LogP contribution >= 0.6 is 23.2 Å². The smallest absolute Gasteiger partial charge is 0.230 e. The quantitative estimate of drug-likeness (QED) is 0.720. The van der Waals surface area contributed by atoms with Crippen LogP contribution in [0.2, 0.25) is 10.3 Å². The maximum Gasteiger partial charge on any atom is 0.230 e. The number of nitrogens with one attached hydrogen (secondary N) is 1. The molecule has 0 saturated carbocycles. The van der Waals surface area contributed by atoms with Crippen LogP contribution in [0.4, 0.5) is 11.7 Å². The van der Waals surface area contributed by atoms with Gasteiger partial charge in [0.25, 0.3) is 0 Å². The van der Waals surface area contributed by atoms with E-state index in [9.17, 15) is 0 Å². The van der Waals surface area contributed by atoms with Crippen molar-refractivity contribution in [1.82, 2.24) is 15.1 Å². The second kappa shape index (κ2) is 6.21. The third-order valence-corrected chi connectivity index (χ3v) is 3.31. The Morgan fingerprint density at radius 1 is 1.18 bits per heavy atom. The monoisotopic (exact) mass is 336 g/mol. The summed E-state index contributed by atoms with van der Waals surface area (Å²) in [5, 5.41) is 7.58. The average Bonchev–Trinajstić information content (AvgIpc) is 2.95. The van der Waals surface area contributed by atoms with E-state index in [0.717, 1.165) is 5.56 Å². The number of ether oxygens (including phenoxy) is 1. The molecule has 0 aliphatic heterocycles. The van der Waals surface area contributed by atoms with Crippen molar-refractivity contribution in [3.05, 3.63) is 46.8 Å². The molecule has 0 bridgehead atoms. The van der Waals surface area contributed by atoms with Crippen molar-refractivity contribution in [3.63, 3.8) is 0 Å². The zero-order valence-corrected chi connectivity index (χ0v) is 12.9. The topological polar surface area (TPSA) is 73.1 Å². The molecule has 0 aliphatic carbocycles. The number of hydrogen-bond donors (Lipinski definition) is 1. The van der Waals surface area contributed by atoms with Crippen LogP contribution in [0.3, 0.4) is 0 Å². The fourth-order valence-corrected chi connectivity index (χ4v) is 2.23. The minimum Gasteiger partial charge on any atom is -0.495 e. The highest BCUT2D eigenvalue weighted by Crippen LogP contribution is 2.31. The Bertz CT molecular complexity index is 807. The van der Waals surface area contributed by atoms with Gasteiger partial charge in [0.15, 0.2) is 0 Å². The van der Waals surface area contributed by atoms with E-state index in [1.165, 1.54) is 6.20 Å². The Balaban J connectivity index is 1.83. The van der Waals surface area contributed by atoms with Gasteiger partial charge in [-0.05, 0) is 35.9 Å². The second-order valence-electron chi connectivity index (χ2n) is 4.26. The number of benzene rings is 1. The lowest BCUT2D eigenvalue weighted by atomic mass is 10.1. The lowest BCUT2D eigenvalue weighted by Crippen LogP contribution is -1.92. The molecular formula is C14H10Cl2N4O2. The number of aromatic nitrogens is 3. The van der Waals surface area contributed by atoms with Crippen molar-refractivity contribution in [1.29, 1.82) is 0 Å². The summed E-state index contributed by atoms with van der Waals surface area (Å²) < 4.78 is 10.3. The predicted octanol–water partition coefficient (Wildman–Crippen LogP) is 4.19. The van der Waals surface area contributed by atoms with Gasteiger partial charge in [-0.2, -0.15) is 0 Å². The Kier molecular flexibility index (Phi) is 4.13. The summed E-state index contributed by atoms with van der Waals surface area (Å²) in [4.78, 5) is 7.81. The molecule has 1 N–H and O–H groups in total. The zero-order chi connectivity index (χ0) is 15.5. The van der Waals surface area contributed by atoms with Crippen LogP contribution in [0, 0.1) is 0 Å². The summed E-state index contributed by atoms with van der Waals surface area (Å²) in [6, 6.07) is 8.76. The molecule has 22 heavy (non-hydrogen) atoms. The molecule has 0 amide bonds. The molecule has 2 aromatic heterocycles. The van der Waals surface area contributed by atoms with Gasteiger partial charge in [0, 0.05) is 17.8 Å². The molecule has 0 radical (unpaired) electrons. The molecule has 6 nitrogen and oxygen atoms in total. The summed E-state index contributed by atoms with van der Waals surface area (Å²) in [5.41, 5.74) is 1.44. The van der Waals surface area contributed by atoms with Crippen molar-refractivity contribution in [2.45, 2.75) is 0 Å². The van der Waals surface area contributed by atoms with Crippen molar-refractivity contribution in [2.75, 3.05) is 12.4 Å². The summed E-state index contributed by atoms with van der Waals surface area (Å²) in [5.74, 6) is 1.54. The molecule has 0 unspecified atom stereocenters. The zero-order valence-electron chi connectivity index (χ0n) is 11.4. The Morgan fingerprint density at radius 2 is 2.05 bits per heavy atom. The van der Waals surface area contributed by atoms with Crippen LogP contribution in [0.5, 0.6) is 5.75 Å². The van der Waals surface area contributed by atoms with Gasteiger partial charge in [0.1, 0.15) is 17.3 Å². The van der Waals surface area contributed by atoms with E-state index in [2.05, 4.69) is 20.4 Å². The Morgan fingerprint density at radius 3 is 2.77 bits per heavy atom. The highest BCUT2D eigenvalue weighted by Gasteiger charge is 2.10. The number of methoxy groups -OCH3 is 1. The molecule has 8 heteroatoms. The number of halogens is 2. The van der Waals surface area contributed by atoms with E-state index in [1.807, 2.05) is 6.07 Å². The molecule has 3 aromatic rings. The molecule has 0 aliphatic rings. The van der Waals surface area contributed by atoms with E-state index in [4.69, 9.17) is 32.5 Å². The minimum atomic E-state index is 0.145. The fraction of sp³-hybridized carbons (Fsp3) is 0.0714. The Hall–Kier alpha value is -2.31. The summed E-state index contributed by atoms with van der Waals surface area (Å²) >= 11 is 11.8. The van der Waals surface area contributed by atoms with Crippen molar-refractivity contribution in [3.8, 4) is 17.0 Å². The van der Waals surface area contributed by atoms with E-state index < -0.39 is 0 Å². The number of hydrogen-bond acceptors (Lipinski definition) is 6. The van der Waals surface area contributed by atoms with Crippen LogP contribution in [0.15, 0.2) is 41.1 Å². The van der Waals surface area contributed by atoms with Crippen LogP contribution in [-0.2, 0) is 0 Å². The first-order valence-electron chi connectivity index (χ1n) is 6.22. The largest absolute Gasteiger partial charge is 0.495 e. The van der Waals surface area contributed by atoms with Gasteiger partial charge in [-0.15, -0.1) is 0 Å². The van der Waals surface area contributed by atoms with Crippen molar-refractivity contribution >= 4 is 34.9 Å². The highest BCUT2D eigenvalue weighted by molar-refractivity contribution is 6.32.